The maximum atomic E-state index is 11.8. The molecule has 26 heavy (non-hydrogen) atoms. The monoisotopic (exact) mass is 382 g/mol. The van der Waals surface area contributed by atoms with Crippen LogP contribution in [0.3, 0.4) is 0 Å². The average molecular weight is 382 g/mol. The van der Waals surface area contributed by atoms with Crippen LogP contribution < -0.4 is 0 Å². The second-order valence-electron chi connectivity index (χ2n) is 5.75. The number of rotatable bonds is 9. The predicted octanol–water partition coefficient (Wildman–Crippen LogP) is -6.08. The fraction of sp³-hybridized carbons (Fsp3) is 0.714. The Hall–Kier alpha value is -1.32. The summed E-state index contributed by atoms with van der Waals surface area (Å²) in [6.07, 6.45) is -13.8. The summed E-state index contributed by atoms with van der Waals surface area (Å²) in [5, 5.41) is 86.2. The van der Waals surface area contributed by atoms with Gasteiger partial charge in [-0.05, 0) is 6.08 Å². The molecule has 0 amide bonds. The molecule has 150 valence electrons. The highest BCUT2D eigenvalue weighted by atomic mass is 16.7. The number of aliphatic hydroxyl groups excluding tert-OH is 8. The van der Waals surface area contributed by atoms with Gasteiger partial charge in [-0.25, -0.2) is 0 Å². The van der Waals surface area contributed by atoms with Gasteiger partial charge in [0.05, 0.1) is 18.8 Å². The first-order valence-corrected chi connectivity index (χ1v) is 7.47. The molecular weight excluding hydrogens is 360 g/mol. The van der Waals surface area contributed by atoms with Gasteiger partial charge in [-0.1, -0.05) is 0 Å². The van der Waals surface area contributed by atoms with E-state index in [-0.39, 0.29) is 6.29 Å². The Morgan fingerprint density at radius 1 is 1.12 bits per heavy atom. The van der Waals surface area contributed by atoms with E-state index in [0.717, 1.165) is 0 Å². The zero-order valence-corrected chi connectivity index (χ0v) is 13.4. The molecule has 1 saturated heterocycles. The number of hydrogen-bond acceptors (Lipinski definition) is 12. The van der Waals surface area contributed by atoms with Crippen molar-refractivity contribution in [2.24, 2.45) is 0 Å². The highest BCUT2D eigenvalue weighted by Crippen LogP contribution is 2.35. The second-order valence-corrected chi connectivity index (χ2v) is 5.75. The van der Waals surface area contributed by atoms with Crippen LogP contribution in [0, 0.1) is 0 Å². The summed E-state index contributed by atoms with van der Waals surface area (Å²) in [7, 11) is 0. The summed E-state index contributed by atoms with van der Waals surface area (Å²) >= 11 is 0. The van der Waals surface area contributed by atoms with Gasteiger partial charge in [0.1, 0.15) is 42.7 Å². The third-order valence-corrected chi connectivity index (χ3v) is 3.99. The van der Waals surface area contributed by atoms with Gasteiger partial charge < -0.3 is 50.7 Å². The lowest BCUT2D eigenvalue weighted by molar-refractivity contribution is -0.205. The summed E-state index contributed by atoms with van der Waals surface area (Å²) in [5.74, 6) is -4.51. The fourth-order valence-corrected chi connectivity index (χ4v) is 2.42. The number of carbonyl (C=O) groups is 2. The minimum absolute atomic E-state index is 0.309. The smallest absolute Gasteiger partial charge is 0.226 e. The highest BCUT2D eigenvalue weighted by molar-refractivity contribution is 6.33. The quantitative estimate of drug-likeness (QED) is 0.103. The number of hydrogen-bond donors (Lipinski definition) is 9. The van der Waals surface area contributed by atoms with Crippen LogP contribution >= 0.6 is 0 Å². The largest absolute Gasteiger partial charge is 0.394 e. The zero-order chi connectivity index (χ0) is 20.2. The molecule has 1 heterocycles. The maximum absolute atomic E-state index is 11.8. The van der Waals surface area contributed by atoms with Gasteiger partial charge in [0.15, 0.2) is 6.29 Å². The van der Waals surface area contributed by atoms with Crippen LogP contribution in [0.4, 0.5) is 0 Å². The summed E-state index contributed by atoms with van der Waals surface area (Å²) in [5.41, 5.74) is -1.08. The molecule has 12 heteroatoms. The van der Waals surface area contributed by atoms with Crippen molar-refractivity contribution in [1.82, 2.24) is 0 Å². The molecule has 8 atom stereocenters. The molecular formula is C14H22O12. The lowest BCUT2D eigenvalue weighted by Gasteiger charge is -2.29. The Bertz CT molecular complexity index is 536. The number of carbonyl (C=O) groups excluding carboxylic acids is 2. The van der Waals surface area contributed by atoms with Gasteiger partial charge in [0, 0.05) is 0 Å². The van der Waals surface area contributed by atoms with Crippen LogP contribution in [-0.4, -0.2) is 120 Å². The Balaban J connectivity index is 3.24. The summed E-state index contributed by atoms with van der Waals surface area (Å²) in [6.45, 7) is -1.83. The molecule has 9 N–H and O–H groups in total. The minimum Gasteiger partial charge on any atom is -0.394 e. The van der Waals surface area contributed by atoms with E-state index in [1.54, 1.807) is 0 Å². The number of ether oxygens (including phenoxy) is 1. The first kappa shape index (κ1) is 22.7. The van der Waals surface area contributed by atoms with Crippen LogP contribution in [0.15, 0.2) is 11.6 Å². The summed E-state index contributed by atoms with van der Waals surface area (Å²) < 4.78 is 4.83. The van der Waals surface area contributed by atoms with E-state index in [4.69, 9.17) is 14.9 Å². The van der Waals surface area contributed by atoms with E-state index < -0.39 is 73.1 Å². The summed E-state index contributed by atoms with van der Waals surface area (Å²) in [4.78, 5) is 22.6. The molecule has 0 aromatic heterocycles. The van der Waals surface area contributed by atoms with Crippen molar-refractivity contribution < 1.29 is 60.3 Å². The van der Waals surface area contributed by atoms with Gasteiger partial charge in [0.2, 0.25) is 11.6 Å². The van der Waals surface area contributed by atoms with E-state index in [1.807, 2.05) is 0 Å². The van der Waals surface area contributed by atoms with Gasteiger partial charge in [-0.2, -0.15) is 0 Å². The lowest BCUT2D eigenvalue weighted by Crippen LogP contribution is -2.49. The molecule has 1 aliphatic rings. The van der Waals surface area contributed by atoms with Crippen molar-refractivity contribution in [2.75, 3.05) is 13.2 Å². The molecule has 1 aliphatic heterocycles. The van der Waals surface area contributed by atoms with Crippen molar-refractivity contribution in [1.29, 1.82) is 0 Å². The normalized spacial score (nSPS) is 34.2. The molecule has 0 radical (unpaired) electrons. The van der Waals surface area contributed by atoms with Gasteiger partial charge in [0.25, 0.3) is 0 Å². The van der Waals surface area contributed by atoms with Gasteiger partial charge in [-0.3, -0.25) is 9.59 Å². The second kappa shape index (κ2) is 9.05. The standard InChI is InChI=1S/C14H22O12/c15-2-7(19)5(1-6(18)10(21)11(22)8(20)3-16)14(25)13(24)12(23)9(4-17)26-14/h1-2,6,8-13,16-18,20-25H,3-4H2/b5-1+. The third kappa shape index (κ3) is 4.32. The topological polar surface area (TPSA) is 225 Å². The molecule has 12 nitrogen and oxygen atoms in total. The zero-order valence-electron chi connectivity index (χ0n) is 13.4. The summed E-state index contributed by atoms with van der Waals surface area (Å²) in [6, 6.07) is 0. The highest BCUT2D eigenvalue weighted by Gasteiger charge is 2.57. The Kier molecular flexibility index (Phi) is 7.91. The molecule has 0 saturated carbocycles. The Labute approximate surface area is 146 Å². The van der Waals surface area contributed by atoms with Crippen LogP contribution in [0.1, 0.15) is 0 Å². The molecule has 0 aromatic rings. The van der Waals surface area contributed by atoms with Gasteiger partial charge >= 0.3 is 0 Å². The van der Waals surface area contributed by atoms with E-state index >= 15 is 0 Å². The molecule has 1 rings (SSSR count). The van der Waals surface area contributed by atoms with Crippen molar-refractivity contribution in [3.8, 4) is 0 Å². The van der Waals surface area contributed by atoms with E-state index in [2.05, 4.69) is 0 Å². The average Bonchev–Trinajstić information content (AvgIpc) is 2.87. The Morgan fingerprint density at radius 3 is 2.12 bits per heavy atom. The first-order valence-electron chi connectivity index (χ1n) is 7.47. The fourth-order valence-electron chi connectivity index (χ4n) is 2.42. The van der Waals surface area contributed by atoms with Crippen molar-refractivity contribution in [3.63, 3.8) is 0 Å². The van der Waals surface area contributed by atoms with Crippen molar-refractivity contribution in [3.05, 3.63) is 11.6 Å². The number of aldehydes is 1. The van der Waals surface area contributed by atoms with Crippen LogP contribution in [0.2, 0.25) is 0 Å². The van der Waals surface area contributed by atoms with E-state index in [0.29, 0.717) is 6.08 Å². The lowest BCUT2D eigenvalue weighted by atomic mass is 9.92. The maximum Gasteiger partial charge on any atom is 0.226 e. The molecule has 0 spiro atoms. The molecule has 0 aliphatic carbocycles. The SMILES string of the molecule is O=CC(=O)/C(=C\C(O)C(O)C(O)C(O)CO)C1(O)OC(CO)C(O)C1O. The molecule has 8 unspecified atom stereocenters. The first-order chi connectivity index (χ1) is 12.0. The molecule has 0 bridgehead atoms. The number of aliphatic hydroxyl groups is 9. The predicted molar refractivity (Wildman–Crippen MR) is 79.2 cm³/mol. The third-order valence-electron chi connectivity index (χ3n) is 3.99. The molecule has 0 aromatic carbocycles. The van der Waals surface area contributed by atoms with Crippen LogP contribution in [-0.2, 0) is 14.3 Å². The van der Waals surface area contributed by atoms with E-state index in [9.17, 15) is 45.3 Å². The van der Waals surface area contributed by atoms with Crippen molar-refractivity contribution in [2.45, 2.75) is 48.5 Å². The van der Waals surface area contributed by atoms with Crippen LogP contribution in [0.25, 0.3) is 0 Å². The van der Waals surface area contributed by atoms with Crippen molar-refractivity contribution >= 4 is 12.1 Å². The Morgan fingerprint density at radius 2 is 1.69 bits per heavy atom. The van der Waals surface area contributed by atoms with E-state index in [1.165, 1.54) is 0 Å². The number of ketones is 1. The molecule has 1 fully saturated rings. The number of Topliss-reactive ketones (excluding diaryl/α,β-unsaturated/α-hetero) is 1. The van der Waals surface area contributed by atoms with Crippen LogP contribution in [0.5, 0.6) is 0 Å². The minimum atomic E-state index is -3.01. The van der Waals surface area contributed by atoms with Gasteiger partial charge in [-0.15, -0.1) is 0 Å².